The molecule has 0 amide bonds. The second-order valence-electron chi connectivity index (χ2n) is 6.91. The van der Waals surface area contributed by atoms with Crippen LogP contribution in [0.15, 0.2) is 85.1 Å². The molecular weight excluding hydrogens is 418 g/mol. The molecule has 0 aliphatic rings. The molecule has 0 saturated heterocycles. The Morgan fingerprint density at radius 3 is 2.07 bits per heavy atom. The number of aromatic nitrogens is 1. The highest BCUT2D eigenvalue weighted by atomic mass is 35.5. The number of rotatable bonds is 10. The van der Waals surface area contributed by atoms with Gasteiger partial charge in [0.05, 0.1) is 17.8 Å². The van der Waals surface area contributed by atoms with Crippen molar-refractivity contribution < 1.29 is 8.42 Å². The molecule has 0 spiro atoms. The van der Waals surface area contributed by atoms with Gasteiger partial charge in [-0.2, -0.15) is 4.31 Å². The van der Waals surface area contributed by atoms with Gasteiger partial charge in [-0.05, 0) is 30.3 Å². The second kappa shape index (κ2) is 10.7. The molecule has 30 heavy (non-hydrogen) atoms. The highest BCUT2D eigenvalue weighted by Gasteiger charge is 2.36. The van der Waals surface area contributed by atoms with Crippen LogP contribution in [0.25, 0.3) is 0 Å². The zero-order valence-electron chi connectivity index (χ0n) is 16.9. The third kappa shape index (κ3) is 5.46. The van der Waals surface area contributed by atoms with E-state index in [1.807, 2.05) is 67.7 Å². The average Bonchev–Trinajstić information content (AvgIpc) is 2.78. The number of hydrogen-bond acceptors (Lipinski definition) is 4. The minimum absolute atomic E-state index is 0.181. The van der Waals surface area contributed by atoms with E-state index in [4.69, 9.17) is 11.6 Å². The van der Waals surface area contributed by atoms with E-state index < -0.39 is 16.1 Å². The zero-order chi connectivity index (χ0) is 21.4. The quantitative estimate of drug-likeness (QED) is 0.478. The normalized spacial score (nSPS) is 13.8. The van der Waals surface area contributed by atoms with Crippen molar-refractivity contribution >= 4 is 21.6 Å². The molecular formula is C23H26ClN3O2S. The molecule has 0 aliphatic carbocycles. The first-order chi connectivity index (χ1) is 14.6. The Bertz CT molecular complexity index is 1000. The van der Waals surface area contributed by atoms with Crippen molar-refractivity contribution in [2.45, 2.75) is 17.8 Å². The fraction of sp³-hybridized carbons (Fsp3) is 0.261. The molecule has 2 aromatic carbocycles. The van der Waals surface area contributed by atoms with Gasteiger partial charge >= 0.3 is 0 Å². The van der Waals surface area contributed by atoms with E-state index in [9.17, 15) is 8.42 Å². The van der Waals surface area contributed by atoms with Crippen LogP contribution in [0.4, 0.5) is 0 Å². The topological polar surface area (TPSA) is 62.3 Å². The molecule has 2 unspecified atom stereocenters. The van der Waals surface area contributed by atoms with E-state index in [-0.39, 0.29) is 24.2 Å². The smallest absolute Gasteiger partial charge is 0.220 e. The molecule has 1 N–H and O–H groups in total. The Morgan fingerprint density at radius 2 is 1.53 bits per heavy atom. The van der Waals surface area contributed by atoms with Crippen molar-refractivity contribution in [2.75, 3.05) is 19.5 Å². The van der Waals surface area contributed by atoms with Gasteiger partial charge in [0.1, 0.15) is 5.75 Å². The van der Waals surface area contributed by atoms with E-state index >= 15 is 0 Å². The summed E-state index contributed by atoms with van der Waals surface area (Å²) in [5.41, 5.74) is 2.40. The number of nitrogens with zero attached hydrogens (tertiary/aromatic N) is 2. The minimum Gasteiger partial charge on any atom is -0.311 e. The lowest BCUT2D eigenvalue weighted by molar-refractivity contribution is 0.274. The largest absolute Gasteiger partial charge is 0.311 e. The third-order valence-electron chi connectivity index (χ3n) is 4.96. The Labute approximate surface area is 183 Å². The maximum Gasteiger partial charge on any atom is 0.220 e. The summed E-state index contributed by atoms with van der Waals surface area (Å²) >= 11 is 6.09. The van der Waals surface area contributed by atoms with Gasteiger partial charge in [-0.1, -0.05) is 66.7 Å². The molecule has 0 saturated carbocycles. The standard InChI is InChI=1S/C23H26ClN3O2S/c1-25-22(19-10-4-2-5-11-19)23(20-12-6-3-7-13-20)27(17-15-24)30(28,29)18-21-14-8-9-16-26-21/h2-14,16,22-23,25H,15,17-18H2,1H3. The molecule has 0 radical (unpaired) electrons. The van der Waals surface area contributed by atoms with Crippen LogP contribution in [0.3, 0.4) is 0 Å². The number of likely N-dealkylation sites (N-methyl/N-ethyl adjacent to an activating group) is 1. The number of sulfonamides is 1. The van der Waals surface area contributed by atoms with Gasteiger partial charge in [0.2, 0.25) is 10.0 Å². The van der Waals surface area contributed by atoms with Crippen LogP contribution in [0.2, 0.25) is 0 Å². The summed E-state index contributed by atoms with van der Waals surface area (Å²) in [5, 5.41) is 3.33. The Morgan fingerprint density at radius 1 is 0.933 bits per heavy atom. The number of alkyl halides is 1. The SMILES string of the molecule is CNC(c1ccccc1)C(c1ccccc1)N(CCCl)S(=O)(=O)Cc1ccccn1. The fourth-order valence-corrected chi connectivity index (χ4v) is 5.58. The molecule has 1 heterocycles. The first kappa shape index (κ1) is 22.4. The van der Waals surface area contributed by atoms with Gasteiger partial charge in [-0.15, -0.1) is 11.6 Å². The van der Waals surface area contributed by atoms with Crippen LogP contribution in [-0.2, 0) is 15.8 Å². The molecule has 0 aliphatic heterocycles. The number of benzene rings is 2. The van der Waals surface area contributed by atoms with Gasteiger partial charge in [0, 0.05) is 18.6 Å². The first-order valence-corrected chi connectivity index (χ1v) is 11.9. The highest BCUT2D eigenvalue weighted by molar-refractivity contribution is 7.88. The van der Waals surface area contributed by atoms with Crippen molar-refractivity contribution in [3.8, 4) is 0 Å². The van der Waals surface area contributed by atoms with E-state index in [1.54, 1.807) is 24.4 Å². The summed E-state index contributed by atoms with van der Waals surface area (Å²) < 4.78 is 28.6. The number of hydrogen-bond donors (Lipinski definition) is 1. The van der Waals surface area contributed by atoms with Crippen LogP contribution >= 0.6 is 11.6 Å². The van der Waals surface area contributed by atoms with Crippen LogP contribution in [0.5, 0.6) is 0 Å². The fourth-order valence-electron chi connectivity index (χ4n) is 3.63. The summed E-state index contributed by atoms with van der Waals surface area (Å²) in [4.78, 5) is 4.21. The zero-order valence-corrected chi connectivity index (χ0v) is 18.4. The first-order valence-electron chi connectivity index (χ1n) is 9.79. The number of pyridine rings is 1. The molecule has 158 valence electrons. The molecule has 1 aromatic heterocycles. The van der Waals surface area contributed by atoms with Crippen LogP contribution < -0.4 is 5.32 Å². The van der Waals surface area contributed by atoms with E-state index in [1.165, 1.54) is 4.31 Å². The van der Waals surface area contributed by atoms with Gasteiger partial charge in [0.25, 0.3) is 0 Å². The van der Waals surface area contributed by atoms with Gasteiger partial charge in [-0.3, -0.25) is 4.98 Å². The maximum atomic E-state index is 13.6. The lowest BCUT2D eigenvalue weighted by Crippen LogP contribution is -2.43. The van der Waals surface area contributed by atoms with Gasteiger partial charge in [0.15, 0.2) is 0 Å². The van der Waals surface area contributed by atoms with Gasteiger partial charge < -0.3 is 5.32 Å². The Kier molecular flexibility index (Phi) is 7.99. The molecule has 0 fully saturated rings. The van der Waals surface area contributed by atoms with Crippen molar-refractivity contribution in [1.82, 2.24) is 14.6 Å². The molecule has 3 aromatic rings. The van der Waals surface area contributed by atoms with E-state index in [0.717, 1.165) is 11.1 Å². The molecule has 7 heteroatoms. The minimum atomic E-state index is -3.70. The van der Waals surface area contributed by atoms with Crippen molar-refractivity contribution in [3.63, 3.8) is 0 Å². The molecule has 3 rings (SSSR count). The van der Waals surface area contributed by atoms with E-state index in [0.29, 0.717) is 5.69 Å². The monoisotopic (exact) mass is 443 g/mol. The predicted molar refractivity (Wildman–Crippen MR) is 122 cm³/mol. The van der Waals surface area contributed by atoms with Gasteiger partial charge in [-0.25, -0.2) is 8.42 Å². The lowest BCUT2D eigenvalue weighted by Gasteiger charge is -2.36. The maximum absolute atomic E-state index is 13.6. The summed E-state index contributed by atoms with van der Waals surface area (Å²) in [6, 6.07) is 24.1. The highest BCUT2D eigenvalue weighted by Crippen LogP contribution is 2.36. The summed E-state index contributed by atoms with van der Waals surface area (Å²) in [7, 11) is -1.86. The predicted octanol–water partition coefficient (Wildman–Crippen LogP) is 4.15. The molecule has 0 bridgehead atoms. The number of halogens is 1. The summed E-state index contributed by atoms with van der Waals surface area (Å²) in [6.07, 6.45) is 1.60. The Hall–Kier alpha value is -2.25. The average molecular weight is 444 g/mol. The van der Waals surface area contributed by atoms with Crippen molar-refractivity contribution in [3.05, 3.63) is 102 Å². The molecule has 2 atom stereocenters. The van der Waals surface area contributed by atoms with Crippen LogP contribution in [-0.4, -0.2) is 37.2 Å². The third-order valence-corrected chi connectivity index (χ3v) is 6.91. The van der Waals surface area contributed by atoms with Crippen LogP contribution in [0, 0.1) is 0 Å². The summed E-state index contributed by atoms with van der Waals surface area (Å²) in [6.45, 7) is 0.196. The van der Waals surface area contributed by atoms with Crippen molar-refractivity contribution in [2.24, 2.45) is 0 Å². The van der Waals surface area contributed by atoms with Crippen molar-refractivity contribution in [1.29, 1.82) is 0 Å². The second-order valence-corrected chi connectivity index (χ2v) is 9.21. The molecule has 5 nitrogen and oxygen atoms in total. The summed E-state index contributed by atoms with van der Waals surface area (Å²) in [5.74, 6) is 0.00922. The van der Waals surface area contributed by atoms with Crippen LogP contribution in [0.1, 0.15) is 28.9 Å². The number of nitrogens with one attached hydrogen (secondary N) is 1. The van der Waals surface area contributed by atoms with E-state index in [2.05, 4.69) is 10.3 Å². The lowest BCUT2D eigenvalue weighted by atomic mass is 9.93. The Balaban J connectivity index is 2.08.